The maximum atomic E-state index is 12.6. The average Bonchev–Trinajstić information content (AvgIpc) is 3.13. The molecule has 1 heterocycles. The summed E-state index contributed by atoms with van der Waals surface area (Å²) in [6, 6.07) is 7.57. The van der Waals surface area contributed by atoms with E-state index in [0.29, 0.717) is 6.54 Å². The molecule has 2 aliphatic rings. The molecule has 1 aromatic rings. The summed E-state index contributed by atoms with van der Waals surface area (Å²) in [6.45, 7) is 0.377. The van der Waals surface area contributed by atoms with Crippen molar-refractivity contribution in [1.82, 2.24) is 0 Å². The van der Waals surface area contributed by atoms with E-state index in [-0.39, 0.29) is 17.8 Å². The fourth-order valence-electron chi connectivity index (χ4n) is 2.98. The first-order valence-electron chi connectivity index (χ1n) is 6.90. The van der Waals surface area contributed by atoms with E-state index in [1.165, 1.54) is 7.11 Å². The number of anilines is 1. The number of rotatable bonds is 2. The number of allylic oxidation sites excluding steroid dienone is 1. The number of fused-ring (bicyclic) bond motifs is 1. The van der Waals surface area contributed by atoms with Crippen LogP contribution >= 0.6 is 0 Å². The van der Waals surface area contributed by atoms with Crippen molar-refractivity contribution in [3.63, 3.8) is 0 Å². The fraction of sp³-hybridized carbons (Fsp3) is 0.375. The lowest BCUT2D eigenvalue weighted by Crippen LogP contribution is -2.32. The van der Waals surface area contributed by atoms with Gasteiger partial charge < -0.3 is 9.64 Å². The molecule has 0 bridgehead atoms. The lowest BCUT2D eigenvalue weighted by atomic mass is 10.0. The van der Waals surface area contributed by atoms with E-state index in [1.54, 1.807) is 4.90 Å². The molecule has 0 unspecified atom stereocenters. The molecule has 1 aliphatic carbocycles. The quantitative estimate of drug-likeness (QED) is 0.776. The van der Waals surface area contributed by atoms with Crippen molar-refractivity contribution in [3.8, 4) is 0 Å². The van der Waals surface area contributed by atoms with Crippen LogP contribution in [0.3, 0.4) is 0 Å². The first-order valence-corrected chi connectivity index (χ1v) is 6.90. The van der Waals surface area contributed by atoms with Crippen molar-refractivity contribution >= 4 is 17.6 Å². The van der Waals surface area contributed by atoms with Crippen molar-refractivity contribution in [2.75, 3.05) is 18.6 Å². The molecule has 1 amide bonds. The minimum Gasteiger partial charge on any atom is -0.468 e. The first-order chi connectivity index (χ1) is 9.72. The van der Waals surface area contributed by atoms with Crippen molar-refractivity contribution in [3.05, 3.63) is 41.5 Å². The maximum Gasteiger partial charge on any atom is 0.315 e. The molecule has 1 atom stereocenters. The van der Waals surface area contributed by atoms with Crippen LogP contribution in [-0.4, -0.2) is 25.5 Å². The van der Waals surface area contributed by atoms with Gasteiger partial charge in [0.2, 0.25) is 0 Å². The summed E-state index contributed by atoms with van der Waals surface area (Å²) in [4.78, 5) is 26.2. The minimum atomic E-state index is -0.373. The number of methoxy groups -OCH3 is 1. The molecule has 1 aromatic carbocycles. The number of benzene rings is 1. The number of esters is 1. The second kappa shape index (κ2) is 5.12. The highest BCUT2D eigenvalue weighted by atomic mass is 16.5. The molecule has 3 rings (SSSR count). The summed E-state index contributed by atoms with van der Waals surface area (Å²) in [5, 5.41) is 0. The predicted octanol–water partition coefficient (Wildman–Crippen LogP) is 2.40. The Labute approximate surface area is 118 Å². The van der Waals surface area contributed by atoms with Crippen LogP contribution < -0.4 is 4.90 Å². The van der Waals surface area contributed by atoms with E-state index < -0.39 is 0 Å². The summed E-state index contributed by atoms with van der Waals surface area (Å²) < 4.78 is 4.85. The number of ether oxygens (including phenoxy) is 1. The number of carbonyl (C=O) groups is 2. The molecule has 0 aromatic heterocycles. The summed E-state index contributed by atoms with van der Waals surface area (Å²) in [5.41, 5.74) is 2.58. The van der Waals surface area contributed by atoms with E-state index in [0.717, 1.165) is 36.1 Å². The second-order valence-corrected chi connectivity index (χ2v) is 5.17. The third-order valence-corrected chi connectivity index (χ3v) is 4.01. The first kappa shape index (κ1) is 12.9. The van der Waals surface area contributed by atoms with Crippen LogP contribution in [-0.2, 0) is 14.3 Å². The van der Waals surface area contributed by atoms with Crippen molar-refractivity contribution < 1.29 is 14.3 Å². The molecule has 0 N–H and O–H groups in total. The van der Waals surface area contributed by atoms with E-state index in [9.17, 15) is 9.59 Å². The van der Waals surface area contributed by atoms with Crippen LogP contribution in [0.2, 0.25) is 0 Å². The predicted molar refractivity (Wildman–Crippen MR) is 75.5 cm³/mol. The lowest BCUT2D eigenvalue weighted by molar-refractivity contribution is -0.142. The van der Waals surface area contributed by atoms with Gasteiger partial charge >= 0.3 is 5.97 Å². The van der Waals surface area contributed by atoms with Gasteiger partial charge in [-0.2, -0.15) is 0 Å². The SMILES string of the molecule is COC(=O)[C@H]1CN(C(=O)C2=CCCC2)c2ccccc21. The number of para-hydroxylation sites is 1. The number of amides is 1. The highest BCUT2D eigenvalue weighted by Crippen LogP contribution is 2.38. The molecule has 0 fully saturated rings. The van der Waals surface area contributed by atoms with Crippen molar-refractivity contribution in [2.24, 2.45) is 0 Å². The van der Waals surface area contributed by atoms with E-state index in [1.807, 2.05) is 30.3 Å². The Bertz CT molecular complexity index is 591. The zero-order chi connectivity index (χ0) is 14.1. The standard InChI is InChI=1S/C16H17NO3/c1-20-16(19)13-10-17(14-9-5-4-8-12(13)14)15(18)11-6-2-3-7-11/h4-6,8-9,13H,2-3,7,10H2,1H3/t13-/m0/s1. The molecule has 4 heteroatoms. The second-order valence-electron chi connectivity index (χ2n) is 5.17. The highest BCUT2D eigenvalue weighted by molar-refractivity contribution is 6.08. The monoisotopic (exact) mass is 271 g/mol. The Morgan fingerprint density at radius 1 is 1.30 bits per heavy atom. The molecule has 104 valence electrons. The van der Waals surface area contributed by atoms with Gasteiger partial charge in [0.05, 0.1) is 7.11 Å². The van der Waals surface area contributed by atoms with Crippen LogP contribution in [0.25, 0.3) is 0 Å². The Hall–Kier alpha value is -2.10. The average molecular weight is 271 g/mol. The van der Waals surface area contributed by atoms with Gasteiger partial charge in [-0.1, -0.05) is 24.3 Å². The fourth-order valence-corrected chi connectivity index (χ4v) is 2.98. The van der Waals surface area contributed by atoms with E-state index in [4.69, 9.17) is 4.74 Å². The molecular weight excluding hydrogens is 254 g/mol. The van der Waals surface area contributed by atoms with Gasteiger partial charge in [-0.05, 0) is 30.9 Å². The Kier molecular flexibility index (Phi) is 3.30. The van der Waals surface area contributed by atoms with Gasteiger partial charge in [0.15, 0.2) is 0 Å². The molecule has 20 heavy (non-hydrogen) atoms. The summed E-state index contributed by atoms with van der Waals surface area (Å²) in [5.74, 6) is -0.628. The lowest BCUT2D eigenvalue weighted by Gasteiger charge is -2.18. The summed E-state index contributed by atoms with van der Waals surface area (Å²) in [7, 11) is 1.38. The summed E-state index contributed by atoms with van der Waals surface area (Å²) >= 11 is 0. The highest BCUT2D eigenvalue weighted by Gasteiger charge is 2.37. The van der Waals surface area contributed by atoms with Gasteiger partial charge in [-0.15, -0.1) is 0 Å². The van der Waals surface area contributed by atoms with Crippen LogP contribution in [0, 0.1) is 0 Å². The molecule has 4 nitrogen and oxygen atoms in total. The molecule has 1 aliphatic heterocycles. The number of hydrogen-bond donors (Lipinski definition) is 0. The zero-order valence-corrected chi connectivity index (χ0v) is 11.5. The van der Waals surface area contributed by atoms with Gasteiger partial charge in [0, 0.05) is 17.8 Å². The minimum absolute atomic E-state index is 0.0290. The topological polar surface area (TPSA) is 46.6 Å². The largest absolute Gasteiger partial charge is 0.468 e. The van der Waals surface area contributed by atoms with Crippen molar-refractivity contribution in [2.45, 2.75) is 25.2 Å². The molecule has 0 spiro atoms. The molecular formula is C16H17NO3. The normalized spacial score (nSPS) is 20.6. The number of carbonyl (C=O) groups excluding carboxylic acids is 2. The van der Waals surface area contributed by atoms with Crippen LogP contribution in [0.5, 0.6) is 0 Å². The van der Waals surface area contributed by atoms with Crippen LogP contribution in [0.4, 0.5) is 5.69 Å². The Balaban J connectivity index is 1.94. The molecule has 0 saturated carbocycles. The van der Waals surface area contributed by atoms with Gasteiger partial charge in [-0.25, -0.2) is 0 Å². The van der Waals surface area contributed by atoms with Crippen molar-refractivity contribution in [1.29, 1.82) is 0 Å². The van der Waals surface area contributed by atoms with Crippen LogP contribution in [0.15, 0.2) is 35.9 Å². The summed E-state index contributed by atoms with van der Waals surface area (Å²) in [6.07, 6.45) is 4.85. The third kappa shape index (κ3) is 2.01. The van der Waals surface area contributed by atoms with E-state index >= 15 is 0 Å². The Morgan fingerprint density at radius 2 is 2.10 bits per heavy atom. The van der Waals surface area contributed by atoms with Crippen LogP contribution in [0.1, 0.15) is 30.7 Å². The van der Waals surface area contributed by atoms with Gasteiger partial charge in [0.1, 0.15) is 5.92 Å². The van der Waals surface area contributed by atoms with E-state index in [2.05, 4.69) is 0 Å². The number of nitrogens with zero attached hydrogens (tertiary/aromatic N) is 1. The molecule has 0 radical (unpaired) electrons. The van der Waals surface area contributed by atoms with Gasteiger partial charge in [0.25, 0.3) is 5.91 Å². The maximum absolute atomic E-state index is 12.6. The zero-order valence-electron chi connectivity index (χ0n) is 11.5. The third-order valence-electron chi connectivity index (χ3n) is 4.01. The smallest absolute Gasteiger partial charge is 0.315 e. The number of hydrogen-bond acceptors (Lipinski definition) is 3. The Morgan fingerprint density at radius 3 is 2.80 bits per heavy atom. The van der Waals surface area contributed by atoms with Gasteiger partial charge in [-0.3, -0.25) is 9.59 Å². The molecule has 0 saturated heterocycles.